The first-order valence-electron chi connectivity index (χ1n) is 14.1. The van der Waals surface area contributed by atoms with E-state index in [2.05, 4.69) is 0 Å². The van der Waals surface area contributed by atoms with Crippen LogP contribution in [0.25, 0.3) is 6.08 Å². The van der Waals surface area contributed by atoms with Gasteiger partial charge in [-0.3, -0.25) is 9.59 Å². The number of phenolic OH excluding ortho intramolecular Hbond substituents is 1. The van der Waals surface area contributed by atoms with Gasteiger partial charge in [-0.2, -0.15) is 0 Å². The van der Waals surface area contributed by atoms with Gasteiger partial charge in [0.25, 0.3) is 0 Å². The molecule has 216 valence electrons. The van der Waals surface area contributed by atoms with Crippen LogP contribution in [0.2, 0.25) is 0 Å². The summed E-state index contributed by atoms with van der Waals surface area (Å²) in [4.78, 5) is 40.4. The number of allylic oxidation sites excluding steroid dienone is 3. The van der Waals surface area contributed by atoms with Gasteiger partial charge in [0, 0.05) is 35.0 Å². The number of hydrogen-bond donors (Lipinski definition) is 2. The summed E-state index contributed by atoms with van der Waals surface area (Å²) < 4.78 is 20.1. The highest BCUT2D eigenvalue weighted by Gasteiger charge is 2.81. The molecule has 1 saturated carbocycles. The monoisotopic (exact) mass is 560 g/mol. The highest BCUT2D eigenvalue weighted by Crippen LogP contribution is 2.68. The SMILES string of the molecule is CC(C)=CCc1c2c(c(O)c3c1O[C@]14C(=C[C@@H]5CC1C(C)(C)OC4(C/C=C(/C)C(=O)O)C5=O)C3=O)C=CC(C)(C)O2. The predicted molar refractivity (Wildman–Crippen MR) is 151 cm³/mol. The third-order valence-corrected chi connectivity index (χ3v) is 9.37. The molecule has 3 heterocycles. The molecule has 7 rings (SSSR count). The van der Waals surface area contributed by atoms with Crippen LogP contribution in [0, 0.1) is 11.8 Å². The number of phenols is 1. The molecule has 6 aliphatic rings. The van der Waals surface area contributed by atoms with Crippen LogP contribution in [0.4, 0.5) is 0 Å². The molecular weight excluding hydrogens is 524 g/mol. The maximum atomic E-state index is 14.5. The molecule has 2 N–H and O–H groups in total. The van der Waals surface area contributed by atoms with Crippen molar-refractivity contribution < 1.29 is 38.8 Å². The topological polar surface area (TPSA) is 119 Å². The van der Waals surface area contributed by atoms with E-state index in [1.165, 1.54) is 13.0 Å². The Bertz CT molecular complexity index is 1560. The molecule has 8 heteroatoms. The van der Waals surface area contributed by atoms with Crippen LogP contribution in [0.3, 0.4) is 0 Å². The van der Waals surface area contributed by atoms with Gasteiger partial charge in [-0.05, 0) is 73.5 Å². The van der Waals surface area contributed by atoms with E-state index in [0.717, 1.165) is 5.57 Å². The van der Waals surface area contributed by atoms with Crippen molar-refractivity contribution in [3.8, 4) is 17.2 Å². The summed E-state index contributed by atoms with van der Waals surface area (Å²) in [5.74, 6) is -2.29. The lowest BCUT2D eigenvalue weighted by atomic mass is 9.51. The quantitative estimate of drug-likeness (QED) is 0.357. The van der Waals surface area contributed by atoms with E-state index in [1.54, 1.807) is 12.2 Å². The van der Waals surface area contributed by atoms with Gasteiger partial charge in [0.05, 0.1) is 11.2 Å². The Morgan fingerprint density at radius 2 is 1.78 bits per heavy atom. The van der Waals surface area contributed by atoms with E-state index in [1.807, 2.05) is 53.7 Å². The average Bonchev–Trinajstić information content (AvgIpc) is 3.03. The Morgan fingerprint density at radius 1 is 1.07 bits per heavy atom. The molecule has 1 saturated heterocycles. The Balaban J connectivity index is 1.66. The van der Waals surface area contributed by atoms with Crippen molar-refractivity contribution in [3.05, 3.63) is 57.7 Å². The number of hydrogen-bond acceptors (Lipinski definition) is 7. The molecule has 0 amide bonds. The molecule has 1 aromatic rings. The number of aliphatic carboxylic acids is 1. The molecule has 1 aromatic carbocycles. The third kappa shape index (κ3) is 3.52. The smallest absolute Gasteiger partial charge is 0.330 e. The standard InChI is InChI=1S/C33H36O8/c1-16(2)8-9-20-26-19(11-12-30(4,5)39-26)24(34)23-25(35)21-14-18-15-22-31(6,7)41-32(28(18)36,13-10-17(3)29(37)38)33(21,22)40-27(20)23/h8,10-12,14,18,22,34H,9,13,15H2,1-7H3,(H,37,38)/b17-10-/t18-,22?,32?,33-/m1/s1. The summed E-state index contributed by atoms with van der Waals surface area (Å²) in [6.07, 6.45) is 9.54. The van der Waals surface area contributed by atoms with Crippen LogP contribution < -0.4 is 9.47 Å². The second-order valence-electron chi connectivity index (χ2n) is 13.2. The lowest BCUT2D eigenvalue weighted by Gasteiger charge is -2.56. The number of carbonyl (C=O) groups is 3. The Hall–Kier alpha value is -3.65. The second-order valence-corrected chi connectivity index (χ2v) is 13.2. The summed E-state index contributed by atoms with van der Waals surface area (Å²) in [6, 6.07) is 0. The lowest BCUT2D eigenvalue weighted by molar-refractivity contribution is -0.171. The van der Waals surface area contributed by atoms with E-state index in [-0.39, 0.29) is 40.8 Å². The fourth-order valence-electron chi connectivity index (χ4n) is 7.44. The molecule has 0 aromatic heterocycles. The largest absolute Gasteiger partial charge is 0.506 e. The summed E-state index contributed by atoms with van der Waals surface area (Å²) >= 11 is 0. The van der Waals surface area contributed by atoms with Gasteiger partial charge in [-0.1, -0.05) is 23.8 Å². The van der Waals surface area contributed by atoms with Crippen molar-refractivity contribution in [2.24, 2.45) is 11.8 Å². The number of rotatable bonds is 5. The number of fused-ring (bicyclic) bond motifs is 2. The van der Waals surface area contributed by atoms with Crippen LogP contribution >= 0.6 is 0 Å². The number of ether oxygens (including phenoxy) is 3. The minimum Gasteiger partial charge on any atom is -0.506 e. The Morgan fingerprint density at radius 3 is 2.44 bits per heavy atom. The minimum absolute atomic E-state index is 0.0513. The van der Waals surface area contributed by atoms with Crippen LogP contribution in [0.5, 0.6) is 17.2 Å². The zero-order valence-electron chi connectivity index (χ0n) is 24.5. The normalized spacial score (nSPS) is 31.4. The van der Waals surface area contributed by atoms with Crippen molar-refractivity contribution >= 4 is 23.6 Å². The molecule has 4 bridgehead atoms. The summed E-state index contributed by atoms with van der Waals surface area (Å²) in [5, 5.41) is 21.1. The number of carbonyl (C=O) groups excluding carboxylic acids is 2. The van der Waals surface area contributed by atoms with E-state index < -0.39 is 40.1 Å². The van der Waals surface area contributed by atoms with E-state index in [4.69, 9.17) is 14.2 Å². The number of carboxylic acid groups (broad SMARTS) is 1. The number of benzene rings is 1. The zero-order valence-corrected chi connectivity index (χ0v) is 24.5. The van der Waals surface area contributed by atoms with Gasteiger partial charge in [-0.25, -0.2) is 4.79 Å². The van der Waals surface area contributed by atoms with Crippen LogP contribution in [0.15, 0.2) is 41.0 Å². The number of ketones is 2. The molecule has 3 aliphatic heterocycles. The molecule has 0 radical (unpaired) electrons. The fourth-order valence-corrected chi connectivity index (χ4v) is 7.44. The Kier molecular flexibility index (Phi) is 5.67. The number of aromatic hydroxyl groups is 1. The van der Waals surface area contributed by atoms with Gasteiger partial charge >= 0.3 is 5.97 Å². The molecule has 2 fully saturated rings. The first-order chi connectivity index (χ1) is 19.1. The molecular formula is C33H36O8. The molecule has 4 atom stereocenters. The van der Waals surface area contributed by atoms with Crippen molar-refractivity contribution in [3.63, 3.8) is 0 Å². The van der Waals surface area contributed by atoms with E-state index in [9.17, 15) is 24.6 Å². The molecule has 3 aliphatic carbocycles. The van der Waals surface area contributed by atoms with Crippen molar-refractivity contribution in [1.29, 1.82) is 0 Å². The first kappa shape index (κ1) is 27.5. The highest BCUT2D eigenvalue weighted by atomic mass is 16.6. The van der Waals surface area contributed by atoms with Gasteiger partial charge in [-0.15, -0.1) is 0 Å². The summed E-state index contributed by atoms with van der Waals surface area (Å²) in [5.41, 5.74) is -2.14. The van der Waals surface area contributed by atoms with Crippen LogP contribution in [0.1, 0.15) is 82.8 Å². The minimum atomic E-state index is -1.61. The Labute approximate surface area is 239 Å². The average molecular weight is 561 g/mol. The molecule has 41 heavy (non-hydrogen) atoms. The molecule has 2 unspecified atom stereocenters. The lowest BCUT2D eigenvalue weighted by Crippen LogP contribution is -2.72. The van der Waals surface area contributed by atoms with E-state index in [0.29, 0.717) is 35.3 Å². The van der Waals surface area contributed by atoms with Gasteiger partial charge < -0.3 is 24.4 Å². The number of carboxylic acids is 1. The molecule has 1 spiro atoms. The van der Waals surface area contributed by atoms with Crippen molar-refractivity contribution in [2.75, 3.05) is 0 Å². The predicted octanol–water partition coefficient (Wildman–Crippen LogP) is 5.51. The second kappa shape index (κ2) is 8.44. The maximum Gasteiger partial charge on any atom is 0.330 e. The van der Waals surface area contributed by atoms with E-state index >= 15 is 0 Å². The van der Waals surface area contributed by atoms with Crippen molar-refractivity contribution in [2.45, 2.75) is 90.1 Å². The third-order valence-electron chi connectivity index (χ3n) is 9.37. The van der Waals surface area contributed by atoms with Crippen molar-refractivity contribution in [1.82, 2.24) is 0 Å². The van der Waals surface area contributed by atoms with Crippen LogP contribution in [-0.4, -0.2) is 50.2 Å². The fraction of sp³-hybridized carbons (Fsp3) is 0.485. The number of Topliss-reactive ketones (excluding diaryl/α,β-unsaturated/α-hetero) is 2. The maximum absolute atomic E-state index is 14.5. The summed E-state index contributed by atoms with van der Waals surface area (Å²) in [7, 11) is 0. The highest BCUT2D eigenvalue weighted by molar-refractivity contribution is 6.19. The first-order valence-corrected chi connectivity index (χ1v) is 14.1. The van der Waals surface area contributed by atoms with Gasteiger partial charge in [0.15, 0.2) is 22.8 Å². The van der Waals surface area contributed by atoms with Gasteiger partial charge in [0.1, 0.15) is 28.4 Å². The summed E-state index contributed by atoms with van der Waals surface area (Å²) in [6.45, 7) is 13.0. The van der Waals surface area contributed by atoms with Crippen LogP contribution in [-0.2, 0) is 20.7 Å². The zero-order chi connectivity index (χ0) is 29.9. The molecule has 8 nitrogen and oxygen atoms in total. The van der Waals surface area contributed by atoms with Gasteiger partial charge in [0.2, 0.25) is 0 Å².